The van der Waals surface area contributed by atoms with Crippen molar-refractivity contribution in [1.29, 1.82) is 0 Å². The first kappa shape index (κ1) is 17.6. The highest BCUT2D eigenvalue weighted by atomic mass is 16.5. The Labute approximate surface area is 99.5 Å². The zero-order valence-electron chi connectivity index (χ0n) is 10.9. The van der Waals surface area contributed by atoms with E-state index < -0.39 is 5.97 Å². The van der Waals surface area contributed by atoms with Gasteiger partial charge in [-0.15, -0.1) is 0 Å². The molecular weight excluding hydrogens is 204 g/mol. The van der Waals surface area contributed by atoms with Gasteiger partial charge in [-0.2, -0.15) is 0 Å². The lowest BCUT2D eigenvalue weighted by Gasteiger charge is -1.90. The van der Waals surface area contributed by atoms with E-state index in [9.17, 15) is 4.79 Å². The largest absolute Gasteiger partial charge is 0.480 e. The first-order valence-electron chi connectivity index (χ1n) is 6.13. The first-order valence-corrected chi connectivity index (χ1v) is 6.13. The third-order valence-corrected chi connectivity index (χ3v) is 1.78. The molecule has 0 amide bonds. The molecule has 0 aliphatic rings. The van der Waals surface area contributed by atoms with Gasteiger partial charge in [0.1, 0.15) is 6.61 Å². The highest BCUT2D eigenvalue weighted by Gasteiger charge is 1.90. The molecule has 0 unspecified atom stereocenters. The summed E-state index contributed by atoms with van der Waals surface area (Å²) in [4.78, 5) is 9.63. The van der Waals surface area contributed by atoms with Crippen molar-refractivity contribution < 1.29 is 14.6 Å². The van der Waals surface area contributed by atoms with Gasteiger partial charge in [0, 0.05) is 6.61 Å². The van der Waals surface area contributed by atoms with Crippen molar-refractivity contribution in [1.82, 2.24) is 0 Å². The average molecular weight is 230 g/mol. The molecule has 0 aromatic heterocycles. The van der Waals surface area contributed by atoms with Gasteiger partial charge in [-0.05, 0) is 19.8 Å². The summed E-state index contributed by atoms with van der Waals surface area (Å²) in [5.74, 6) is -0.915. The minimum atomic E-state index is -0.915. The lowest BCUT2D eigenvalue weighted by Crippen LogP contribution is -2.05. The zero-order chi connectivity index (χ0) is 12.6. The Morgan fingerprint density at radius 3 is 2.12 bits per heavy atom. The van der Waals surface area contributed by atoms with Crippen molar-refractivity contribution in [3.05, 3.63) is 12.2 Å². The van der Waals surface area contributed by atoms with E-state index in [2.05, 4.69) is 30.7 Å². The molecule has 0 aromatic rings. The molecule has 0 heterocycles. The van der Waals surface area contributed by atoms with E-state index in [0.29, 0.717) is 6.61 Å². The molecule has 0 atom stereocenters. The number of aliphatic carboxylic acids is 1. The molecule has 0 saturated carbocycles. The summed E-state index contributed by atoms with van der Waals surface area (Å²) in [6.07, 6.45) is 11.1. The minimum Gasteiger partial charge on any atom is -0.480 e. The van der Waals surface area contributed by atoms with Crippen LogP contribution < -0.4 is 0 Å². The zero-order valence-corrected chi connectivity index (χ0v) is 10.9. The van der Waals surface area contributed by atoms with E-state index in [1.54, 1.807) is 6.92 Å². The number of ether oxygens (including phenoxy) is 1. The van der Waals surface area contributed by atoms with Crippen LogP contribution in [0.5, 0.6) is 0 Å². The molecule has 0 spiro atoms. The molecule has 0 radical (unpaired) electrons. The second-order valence-electron chi connectivity index (χ2n) is 3.43. The van der Waals surface area contributed by atoms with Crippen molar-refractivity contribution in [3.63, 3.8) is 0 Å². The summed E-state index contributed by atoms with van der Waals surface area (Å²) in [7, 11) is 0. The maximum absolute atomic E-state index is 9.63. The molecule has 0 bridgehead atoms. The van der Waals surface area contributed by atoms with Crippen LogP contribution in [-0.4, -0.2) is 24.3 Å². The van der Waals surface area contributed by atoms with Gasteiger partial charge in [0.25, 0.3) is 0 Å². The number of carboxylic acid groups (broad SMARTS) is 1. The Hall–Kier alpha value is -0.830. The molecule has 3 heteroatoms. The SMILES string of the molecule is CCCC=CCCCC.CCOCC(=O)O. The van der Waals surface area contributed by atoms with Crippen LogP contribution in [0.15, 0.2) is 12.2 Å². The predicted molar refractivity (Wildman–Crippen MR) is 67.7 cm³/mol. The van der Waals surface area contributed by atoms with Crippen molar-refractivity contribution in [2.24, 2.45) is 0 Å². The third kappa shape index (κ3) is 23.2. The van der Waals surface area contributed by atoms with Crippen LogP contribution in [0.4, 0.5) is 0 Å². The lowest BCUT2D eigenvalue weighted by atomic mass is 10.2. The molecule has 0 rings (SSSR count). The Morgan fingerprint density at radius 1 is 1.12 bits per heavy atom. The van der Waals surface area contributed by atoms with E-state index in [0.717, 1.165) is 0 Å². The van der Waals surface area contributed by atoms with Gasteiger partial charge >= 0.3 is 5.97 Å². The fourth-order valence-electron chi connectivity index (χ4n) is 0.914. The van der Waals surface area contributed by atoms with Gasteiger partial charge in [0.15, 0.2) is 0 Å². The Bertz CT molecular complexity index is 165. The number of unbranched alkanes of at least 4 members (excludes halogenated alkanes) is 3. The van der Waals surface area contributed by atoms with Crippen molar-refractivity contribution in [2.45, 2.75) is 52.9 Å². The van der Waals surface area contributed by atoms with E-state index in [1.807, 2.05) is 0 Å². The summed E-state index contributed by atoms with van der Waals surface area (Å²) in [5.41, 5.74) is 0. The number of carboxylic acids is 1. The van der Waals surface area contributed by atoms with Crippen LogP contribution in [0.3, 0.4) is 0 Å². The smallest absolute Gasteiger partial charge is 0.329 e. The van der Waals surface area contributed by atoms with Crippen molar-refractivity contribution in [2.75, 3.05) is 13.2 Å². The average Bonchev–Trinajstić information content (AvgIpc) is 2.27. The van der Waals surface area contributed by atoms with Crippen LogP contribution in [0.25, 0.3) is 0 Å². The Morgan fingerprint density at radius 2 is 1.75 bits per heavy atom. The second-order valence-corrected chi connectivity index (χ2v) is 3.43. The Kier molecular flexibility index (Phi) is 18.2. The van der Waals surface area contributed by atoms with Crippen LogP contribution in [0, 0.1) is 0 Å². The van der Waals surface area contributed by atoms with Gasteiger partial charge < -0.3 is 9.84 Å². The van der Waals surface area contributed by atoms with Crippen LogP contribution >= 0.6 is 0 Å². The van der Waals surface area contributed by atoms with Crippen LogP contribution in [0.2, 0.25) is 0 Å². The van der Waals surface area contributed by atoms with E-state index in [-0.39, 0.29) is 6.61 Å². The highest BCUT2D eigenvalue weighted by molar-refractivity contribution is 5.67. The van der Waals surface area contributed by atoms with Gasteiger partial charge in [0.05, 0.1) is 0 Å². The second kappa shape index (κ2) is 16.6. The fourth-order valence-corrected chi connectivity index (χ4v) is 0.914. The summed E-state index contributed by atoms with van der Waals surface area (Å²) < 4.78 is 4.50. The third-order valence-electron chi connectivity index (χ3n) is 1.78. The summed E-state index contributed by atoms with van der Waals surface area (Å²) in [6, 6.07) is 0. The molecule has 16 heavy (non-hydrogen) atoms. The van der Waals surface area contributed by atoms with E-state index in [1.165, 1.54) is 32.1 Å². The topological polar surface area (TPSA) is 46.5 Å². The van der Waals surface area contributed by atoms with Gasteiger partial charge in [-0.3, -0.25) is 0 Å². The number of allylic oxidation sites excluding steroid dienone is 2. The maximum atomic E-state index is 9.63. The quantitative estimate of drug-likeness (QED) is 0.511. The molecule has 96 valence electrons. The molecule has 0 saturated heterocycles. The van der Waals surface area contributed by atoms with Crippen LogP contribution in [0.1, 0.15) is 52.9 Å². The fraction of sp³-hybridized carbons (Fsp3) is 0.769. The standard InChI is InChI=1S/C9H18.C4H8O3/c1-3-5-7-9-8-6-4-2;1-2-7-3-4(5)6/h7,9H,3-6,8H2,1-2H3;2-3H2,1H3,(H,5,6). The maximum Gasteiger partial charge on any atom is 0.329 e. The molecule has 0 aromatic carbocycles. The number of carbonyl (C=O) groups is 1. The summed E-state index contributed by atoms with van der Waals surface area (Å²) in [6.45, 7) is 6.48. The van der Waals surface area contributed by atoms with Crippen LogP contribution in [-0.2, 0) is 9.53 Å². The molecule has 0 fully saturated rings. The summed E-state index contributed by atoms with van der Waals surface area (Å²) in [5, 5.41) is 7.92. The van der Waals surface area contributed by atoms with Gasteiger partial charge in [-0.1, -0.05) is 45.3 Å². The number of hydrogen-bond donors (Lipinski definition) is 1. The van der Waals surface area contributed by atoms with Crippen molar-refractivity contribution >= 4 is 5.97 Å². The molecule has 3 nitrogen and oxygen atoms in total. The molecular formula is C13H26O3. The van der Waals surface area contributed by atoms with Crippen molar-refractivity contribution in [3.8, 4) is 0 Å². The van der Waals surface area contributed by atoms with Gasteiger partial charge in [0.2, 0.25) is 0 Å². The van der Waals surface area contributed by atoms with E-state index in [4.69, 9.17) is 5.11 Å². The number of hydrogen-bond acceptors (Lipinski definition) is 2. The number of rotatable bonds is 8. The predicted octanol–water partition coefficient (Wildman–Crippen LogP) is 3.64. The van der Waals surface area contributed by atoms with E-state index >= 15 is 0 Å². The summed E-state index contributed by atoms with van der Waals surface area (Å²) >= 11 is 0. The lowest BCUT2D eigenvalue weighted by molar-refractivity contribution is -0.142. The molecule has 0 aliphatic carbocycles. The highest BCUT2D eigenvalue weighted by Crippen LogP contribution is 1.96. The normalized spacial score (nSPS) is 9.94. The first-order chi connectivity index (χ1) is 7.68. The van der Waals surface area contributed by atoms with Gasteiger partial charge in [-0.25, -0.2) is 4.79 Å². The molecule has 1 N–H and O–H groups in total. The molecule has 0 aliphatic heterocycles. The minimum absolute atomic E-state index is 0.184. The Balaban J connectivity index is 0. The monoisotopic (exact) mass is 230 g/mol.